The number of nitrogens with one attached hydrogen (secondary N) is 1. The van der Waals surface area contributed by atoms with Gasteiger partial charge in [0, 0.05) is 48.0 Å². The minimum absolute atomic E-state index is 0.216. The maximum atomic E-state index is 14.6. The van der Waals surface area contributed by atoms with Gasteiger partial charge in [0.2, 0.25) is 5.95 Å². The van der Waals surface area contributed by atoms with E-state index >= 15 is 0 Å². The van der Waals surface area contributed by atoms with Gasteiger partial charge in [0.25, 0.3) is 0 Å². The molecule has 10 nitrogen and oxygen atoms in total. The Kier molecular flexibility index (Phi) is 5.23. The van der Waals surface area contributed by atoms with Gasteiger partial charge >= 0.3 is 0 Å². The Morgan fingerprint density at radius 3 is 2.89 bits per heavy atom. The Balaban J connectivity index is 1.43. The smallest absolute Gasteiger partial charge is 0.209 e. The van der Waals surface area contributed by atoms with Crippen LogP contribution in [0.4, 0.5) is 10.3 Å². The summed E-state index contributed by atoms with van der Waals surface area (Å²) in [4.78, 5) is 15.4. The van der Waals surface area contributed by atoms with Crippen LogP contribution in [0.3, 0.4) is 0 Å². The SMILES string of the molecule is CN(C)Cc1ccc(-c2cnc(NCc3c(F)ccc4c3CCO4)n3cnc(C#N)c23)c2ncnn12. The van der Waals surface area contributed by atoms with Crippen LogP contribution in [0.5, 0.6) is 5.75 Å². The molecule has 36 heavy (non-hydrogen) atoms. The van der Waals surface area contributed by atoms with Gasteiger partial charge in [0.1, 0.15) is 30.3 Å². The fourth-order valence-corrected chi connectivity index (χ4v) is 4.71. The van der Waals surface area contributed by atoms with Crippen LogP contribution < -0.4 is 10.1 Å². The summed E-state index contributed by atoms with van der Waals surface area (Å²) in [6.07, 6.45) is 5.40. The number of benzene rings is 1. The fraction of sp³-hybridized carbons (Fsp3) is 0.240. The number of aromatic nitrogens is 6. The summed E-state index contributed by atoms with van der Waals surface area (Å²) in [6, 6.07) is 9.20. The van der Waals surface area contributed by atoms with E-state index in [4.69, 9.17) is 4.74 Å². The molecule has 11 heteroatoms. The highest BCUT2D eigenvalue weighted by Crippen LogP contribution is 2.33. The quantitative estimate of drug-likeness (QED) is 0.393. The number of anilines is 1. The van der Waals surface area contributed by atoms with Crippen molar-refractivity contribution in [2.24, 2.45) is 0 Å². The van der Waals surface area contributed by atoms with E-state index in [1.165, 1.54) is 12.4 Å². The lowest BCUT2D eigenvalue weighted by Gasteiger charge is -2.15. The van der Waals surface area contributed by atoms with Crippen molar-refractivity contribution in [2.45, 2.75) is 19.5 Å². The van der Waals surface area contributed by atoms with Crippen LogP contribution in [-0.2, 0) is 19.5 Å². The summed E-state index contributed by atoms with van der Waals surface area (Å²) in [6.45, 7) is 1.45. The summed E-state index contributed by atoms with van der Waals surface area (Å²) in [5.41, 5.74) is 5.37. The molecule has 1 aliphatic heterocycles. The number of ether oxygens (including phenoxy) is 1. The van der Waals surface area contributed by atoms with Gasteiger partial charge in [-0.1, -0.05) is 0 Å². The lowest BCUT2D eigenvalue weighted by atomic mass is 10.0. The van der Waals surface area contributed by atoms with E-state index in [-0.39, 0.29) is 18.1 Å². The van der Waals surface area contributed by atoms with Crippen LogP contribution >= 0.6 is 0 Å². The first-order valence-electron chi connectivity index (χ1n) is 11.4. The van der Waals surface area contributed by atoms with Crippen molar-refractivity contribution in [1.82, 2.24) is 33.9 Å². The Hall–Kier alpha value is -4.56. The monoisotopic (exact) mass is 483 g/mol. The van der Waals surface area contributed by atoms with Crippen molar-refractivity contribution in [2.75, 3.05) is 26.0 Å². The number of hydrogen-bond donors (Lipinski definition) is 1. The number of hydrogen-bond acceptors (Lipinski definition) is 8. The zero-order valence-corrected chi connectivity index (χ0v) is 19.7. The van der Waals surface area contributed by atoms with Gasteiger partial charge in [-0.2, -0.15) is 10.4 Å². The maximum Gasteiger partial charge on any atom is 0.209 e. The Labute approximate surface area is 205 Å². The molecule has 6 rings (SSSR count). The normalized spacial score (nSPS) is 12.8. The number of fused-ring (bicyclic) bond motifs is 3. The second-order valence-corrected chi connectivity index (χ2v) is 8.85. The lowest BCUT2D eigenvalue weighted by molar-refractivity contribution is 0.356. The van der Waals surface area contributed by atoms with Crippen molar-refractivity contribution in [3.8, 4) is 22.9 Å². The molecule has 0 saturated heterocycles. The number of pyridine rings is 1. The van der Waals surface area contributed by atoms with E-state index < -0.39 is 0 Å². The van der Waals surface area contributed by atoms with Crippen molar-refractivity contribution in [1.29, 1.82) is 5.26 Å². The number of nitriles is 1. The summed E-state index contributed by atoms with van der Waals surface area (Å²) < 4.78 is 23.7. The standard InChI is InChI=1S/C25H22FN9O/c1-33(2)12-15-3-4-17(24-30-13-32-35(15)24)19-11-29-25(34-14-31-21(9-27)23(19)34)28-10-18-16-7-8-36-22(16)6-5-20(18)26/h3-6,11,13-14H,7-8,10,12H2,1-2H3,(H,28,29). The van der Waals surface area contributed by atoms with Crippen LogP contribution in [0.1, 0.15) is 22.5 Å². The highest BCUT2D eigenvalue weighted by atomic mass is 19.1. The molecule has 0 atom stereocenters. The Morgan fingerprint density at radius 2 is 2.06 bits per heavy atom. The van der Waals surface area contributed by atoms with Crippen molar-refractivity contribution in [3.63, 3.8) is 0 Å². The van der Waals surface area contributed by atoms with Crippen LogP contribution in [0, 0.1) is 17.1 Å². The van der Waals surface area contributed by atoms with Gasteiger partial charge in [-0.15, -0.1) is 0 Å². The minimum atomic E-state index is -0.296. The minimum Gasteiger partial charge on any atom is -0.493 e. The number of rotatable bonds is 6. The molecule has 0 aliphatic carbocycles. The number of nitrogens with zero attached hydrogens (tertiary/aromatic N) is 8. The van der Waals surface area contributed by atoms with Gasteiger partial charge in [-0.05, 0) is 38.4 Å². The number of halogens is 1. The van der Waals surface area contributed by atoms with Crippen LogP contribution in [0.25, 0.3) is 22.3 Å². The van der Waals surface area contributed by atoms with Gasteiger partial charge in [-0.3, -0.25) is 4.40 Å². The zero-order chi connectivity index (χ0) is 24.8. The van der Waals surface area contributed by atoms with E-state index in [0.717, 1.165) is 16.8 Å². The van der Waals surface area contributed by atoms with Crippen molar-refractivity contribution >= 4 is 17.1 Å². The highest BCUT2D eigenvalue weighted by molar-refractivity contribution is 5.90. The van der Waals surface area contributed by atoms with E-state index in [9.17, 15) is 9.65 Å². The molecule has 5 aromatic rings. The van der Waals surface area contributed by atoms with Gasteiger partial charge < -0.3 is 15.0 Å². The van der Waals surface area contributed by atoms with Gasteiger partial charge in [-0.25, -0.2) is 23.9 Å². The van der Waals surface area contributed by atoms with E-state index in [1.54, 1.807) is 27.5 Å². The molecule has 1 N–H and O–H groups in total. The van der Waals surface area contributed by atoms with Crippen molar-refractivity contribution in [3.05, 3.63) is 71.4 Å². The first kappa shape index (κ1) is 21.9. The highest BCUT2D eigenvalue weighted by Gasteiger charge is 2.21. The first-order chi connectivity index (χ1) is 17.5. The summed E-state index contributed by atoms with van der Waals surface area (Å²) >= 11 is 0. The molecular formula is C25H22FN9O. The summed E-state index contributed by atoms with van der Waals surface area (Å²) in [5.74, 6) is 0.862. The first-order valence-corrected chi connectivity index (χ1v) is 11.4. The second-order valence-electron chi connectivity index (χ2n) is 8.85. The van der Waals surface area contributed by atoms with Gasteiger partial charge in [0.05, 0.1) is 17.8 Å². The Morgan fingerprint density at radius 1 is 1.17 bits per heavy atom. The second kappa shape index (κ2) is 8.58. The fourth-order valence-electron chi connectivity index (χ4n) is 4.71. The maximum absolute atomic E-state index is 14.6. The molecule has 0 amide bonds. The zero-order valence-electron chi connectivity index (χ0n) is 19.7. The van der Waals surface area contributed by atoms with Crippen LogP contribution in [0.15, 0.2) is 43.1 Å². The Bertz CT molecular complexity index is 1660. The predicted octanol–water partition coefficient (Wildman–Crippen LogP) is 3.06. The third kappa shape index (κ3) is 3.50. The molecule has 0 bridgehead atoms. The molecule has 1 aromatic carbocycles. The van der Waals surface area contributed by atoms with E-state index in [1.807, 2.05) is 26.2 Å². The van der Waals surface area contributed by atoms with Crippen molar-refractivity contribution < 1.29 is 9.13 Å². The average Bonchev–Trinajstić information content (AvgIpc) is 3.62. The molecule has 0 unspecified atom stereocenters. The largest absolute Gasteiger partial charge is 0.493 e. The van der Waals surface area contributed by atoms with E-state index in [2.05, 4.69) is 36.3 Å². The number of imidazole rings is 1. The summed E-state index contributed by atoms with van der Waals surface area (Å²) in [5, 5.41) is 17.4. The van der Waals surface area contributed by atoms with Crippen LogP contribution in [-0.4, -0.2) is 54.6 Å². The molecule has 1 aliphatic rings. The third-order valence-corrected chi connectivity index (χ3v) is 6.31. The molecule has 180 valence electrons. The molecular weight excluding hydrogens is 461 g/mol. The third-order valence-electron chi connectivity index (χ3n) is 6.31. The summed E-state index contributed by atoms with van der Waals surface area (Å²) in [7, 11) is 3.98. The average molecular weight is 484 g/mol. The lowest BCUT2D eigenvalue weighted by Crippen LogP contribution is -2.14. The van der Waals surface area contributed by atoms with Gasteiger partial charge in [0.15, 0.2) is 11.3 Å². The predicted molar refractivity (Wildman–Crippen MR) is 130 cm³/mol. The molecule has 0 saturated carbocycles. The molecule has 5 heterocycles. The molecule has 0 fully saturated rings. The molecule has 0 spiro atoms. The molecule has 4 aromatic heterocycles. The molecule has 0 radical (unpaired) electrons. The van der Waals surface area contributed by atoms with Crippen LogP contribution in [0.2, 0.25) is 0 Å². The topological polar surface area (TPSA) is 109 Å². The van der Waals surface area contributed by atoms with E-state index in [0.29, 0.717) is 53.6 Å².